The summed E-state index contributed by atoms with van der Waals surface area (Å²) in [4.78, 5) is 23.8. The van der Waals surface area contributed by atoms with Gasteiger partial charge < -0.3 is 16.4 Å². The van der Waals surface area contributed by atoms with Crippen LogP contribution < -0.4 is 16.4 Å². The molecule has 2 aromatic rings. The lowest BCUT2D eigenvalue weighted by molar-refractivity contribution is -0.122. The Bertz CT molecular complexity index is 823. The van der Waals surface area contributed by atoms with Gasteiger partial charge in [0, 0.05) is 17.2 Å². The predicted octanol–water partition coefficient (Wildman–Crippen LogP) is 3.67. The van der Waals surface area contributed by atoms with Crippen LogP contribution in [0.3, 0.4) is 0 Å². The standard InChI is InChI=1S/C21H23N3O2/c22-21(26)23-18-4-2-1-3-17(18)19(24-20(25)16-11-12-16)15-9-7-14(8-10-15)13-5-6-13/h1-4,7-10,13,16,19H,5-6,11-12H2,(H,24,25)(H3,22,23,26)/t19-/m1/s1. The minimum atomic E-state index is -0.617. The highest BCUT2D eigenvalue weighted by molar-refractivity contribution is 5.89. The van der Waals surface area contributed by atoms with E-state index in [2.05, 4.69) is 34.9 Å². The molecule has 26 heavy (non-hydrogen) atoms. The number of para-hydroxylation sites is 1. The first-order valence-electron chi connectivity index (χ1n) is 9.17. The third kappa shape index (κ3) is 3.72. The molecule has 5 heteroatoms. The minimum Gasteiger partial charge on any atom is -0.351 e. The van der Waals surface area contributed by atoms with Crippen LogP contribution >= 0.6 is 0 Å². The number of carbonyl (C=O) groups is 2. The molecule has 0 saturated heterocycles. The number of hydrogen-bond donors (Lipinski definition) is 3. The molecule has 0 spiro atoms. The fourth-order valence-electron chi connectivity index (χ4n) is 3.32. The van der Waals surface area contributed by atoms with Crippen LogP contribution in [-0.2, 0) is 4.79 Å². The van der Waals surface area contributed by atoms with Crippen molar-refractivity contribution in [1.29, 1.82) is 0 Å². The predicted molar refractivity (Wildman–Crippen MR) is 101 cm³/mol. The van der Waals surface area contributed by atoms with Crippen LogP contribution in [0, 0.1) is 5.92 Å². The number of rotatable bonds is 6. The van der Waals surface area contributed by atoms with Crippen molar-refractivity contribution in [2.75, 3.05) is 5.32 Å². The van der Waals surface area contributed by atoms with Gasteiger partial charge in [-0.15, -0.1) is 0 Å². The van der Waals surface area contributed by atoms with E-state index in [0.717, 1.165) is 24.0 Å². The Hall–Kier alpha value is -2.82. The van der Waals surface area contributed by atoms with E-state index in [1.54, 1.807) is 6.07 Å². The maximum atomic E-state index is 12.5. The molecule has 0 aromatic heterocycles. The Morgan fingerprint density at radius 1 is 0.962 bits per heavy atom. The molecule has 0 aliphatic heterocycles. The minimum absolute atomic E-state index is 0.0650. The third-order valence-corrected chi connectivity index (χ3v) is 5.08. The molecule has 2 saturated carbocycles. The largest absolute Gasteiger partial charge is 0.351 e. The van der Waals surface area contributed by atoms with Crippen molar-refractivity contribution in [2.45, 2.75) is 37.6 Å². The van der Waals surface area contributed by atoms with Crippen molar-refractivity contribution in [3.63, 3.8) is 0 Å². The van der Waals surface area contributed by atoms with E-state index in [9.17, 15) is 9.59 Å². The zero-order valence-electron chi connectivity index (χ0n) is 14.6. The molecular weight excluding hydrogens is 326 g/mol. The molecule has 2 aliphatic carbocycles. The number of benzene rings is 2. The van der Waals surface area contributed by atoms with Crippen LogP contribution in [0.1, 0.15) is 54.3 Å². The van der Waals surface area contributed by atoms with Crippen LogP contribution in [0.4, 0.5) is 10.5 Å². The Morgan fingerprint density at radius 3 is 2.27 bits per heavy atom. The maximum absolute atomic E-state index is 12.5. The van der Waals surface area contributed by atoms with Crippen LogP contribution in [0.25, 0.3) is 0 Å². The fraction of sp³-hybridized carbons (Fsp3) is 0.333. The number of hydrogen-bond acceptors (Lipinski definition) is 2. The van der Waals surface area contributed by atoms with Gasteiger partial charge in [-0.3, -0.25) is 4.79 Å². The SMILES string of the molecule is NC(=O)Nc1ccccc1[C@H](NC(=O)C1CC1)c1ccc(C2CC2)cc1. The molecule has 0 bridgehead atoms. The van der Waals surface area contributed by atoms with Crippen molar-refractivity contribution in [2.24, 2.45) is 11.7 Å². The third-order valence-electron chi connectivity index (χ3n) is 5.08. The zero-order valence-corrected chi connectivity index (χ0v) is 14.6. The van der Waals surface area contributed by atoms with Crippen molar-refractivity contribution in [1.82, 2.24) is 5.32 Å². The Labute approximate surface area is 153 Å². The number of amides is 3. The van der Waals surface area contributed by atoms with Gasteiger partial charge in [0.15, 0.2) is 0 Å². The lowest BCUT2D eigenvalue weighted by Crippen LogP contribution is -2.31. The van der Waals surface area contributed by atoms with Crippen molar-refractivity contribution < 1.29 is 9.59 Å². The summed E-state index contributed by atoms with van der Waals surface area (Å²) in [6, 6.07) is 15.0. The van der Waals surface area contributed by atoms with Crippen LogP contribution in [0.5, 0.6) is 0 Å². The highest BCUT2D eigenvalue weighted by atomic mass is 16.2. The Morgan fingerprint density at radius 2 is 1.65 bits per heavy atom. The van der Waals surface area contributed by atoms with E-state index < -0.39 is 6.03 Å². The Balaban J connectivity index is 1.68. The molecular formula is C21H23N3O2. The van der Waals surface area contributed by atoms with Gasteiger partial charge in [-0.2, -0.15) is 0 Å². The summed E-state index contributed by atoms with van der Waals surface area (Å²) in [6.07, 6.45) is 4.40. The number of carbonyl (C=O) groups excluding carboxylic acids is 2. The lowest BCUT2D eigenvalue weighted by Gasteiger charge is -2.23. The average Bonchev–Trinajstić information content (AvgIpc) is 3.52. The normalized spacial score (nSPS) is 17.4. The summed E-state index contributed by atoms with van der Waals surface area (Å²) in [7, 11) is 0. The van der Waals surface area contributed by atoms with Gasteiger partial charge in [0.05, 0.1) is 6.04 Å². The second-order valence-electron chi connectivity index (χ2n) is 7.23. The maximum Gasteiger partial charge on any atom is 0.316 e. The molecule has 0 heterocycles. The summed E-state index contributed by atoms with van der Waals surface area (Å²) in [6.45, 7) is 0. The van der Waals surface area contributed by atoms with Gasteiger partial charge in [0.2, 0.25) is 5.91 Å². The van der Waals surface area contributed by atoms with Gasteiger partial charge in [-0.1, -0.05) is 42.5 Å². The summed E-state index contributed by atoms with van der Waals surface area (Å²) in [5.41, 5.74) is 9.12. The first-order chi connectivity index (χ1) is 12.6. The monoisotopic (exact) mass is 349 g/mol. The number of primary amides is 1. The van der Waals surface area contributed by atoms with Crippen molar-refractivity contribution in [3.8, 4) is 0 Å². The first kappa shape index (κ1) is 16.6. The zero-order chi connectivity index (χ0) is 18.1. The van der Waals surface area contributed by atoms with Gasteiger partial charge in [-0.05, 0) is 48.8 Å². The van der Waals surface area contributed by atoms with Crippen molar-refractivity contribution in [3.05, 3.63) is 65.2 Å². The van der Waals surface area contributed by atoms with Crippen LogP contribution in [0.2, 0.25) is 0 Å². The molecule has 1 atom stereocenters. The summed E-state index contributed by atoms with van der Waals surface area (Å²) < 4.78 is 0. The van der Waals surface area contributed by atoms with E-state index in [0.29, 0.717) is 11.6 Å². The van der Waals surface area contributed by atoms with Gasteiger partial charge in [-0.25, -0.2) is 4.79 Å². The number of anilines is 1. The number of nitrogens with two attached hydrogens (primary N) is 1. The fourth-order valence-corrected chi connectivity index (χ4v) is 3.32. The molecule has 3 amide bonds. The highest BCUT2D eigenvalue weighted by Crippen LogP contribution is 2.40. The average molecular weight is 349 g/mol. The van der Waals surface area contributed by atoms with Crippen LogP contribution in [-0.4, -0.2) is 11.9 Å². The molecule has 0 radical (unpaired) electrons. The van der Waals surface area contributed by atoms with E-state index >= 15 is 0 Å². The van der Waals surface area contributed by atoms with E-state index in [1.807, 2.05) is 18.2 Å². The van der Waals surface area contributed by atoms with E-state index in [-0.39, 0.29) is 17.9 Å². The van der Waals surface area contributed by atoms with Gasteiger partial charge in [0.1, 0.15) is 0 Å². The smallest absolute Gasteiger partial charge is 0.316 e. The topological polar surface area (TPSA) is 84.2 Å². The summed E-state index contributed by atoms with van der Waals surface area (Å²) in [5, 5.41) is 5.83. The second-order valence-corrected chi connectivity index (χ2v) is 7.23. The molecule has 2 aliphatic rings. The molecule has 4 N–H and O–H groups in total. The van der Waals surface area contributed by atoms with E-state index in [1.165, 1.54) is 18.4 Å². The first-order valence-corrected chi connectivity index (χ1v) is 9.17. The lowest BCUT2D eigenvalue weighted by atomic mass is 9.95. The molecule has 134 valence electrons. The highest BCUT2D eigenvalue weighted by Gasteiger charge is 2.32. The molecule has 4 rings (SSSR count). The second kappa shape index (κ2) is 6.83. The Kier molecular flexibility index (Phi) is 4.37. The van der Waals surface area contributed by atoms with Crippen molar-refractivity contribution >= 4 is 17.6 Å². The van der Waals surface area contributed by atoms with Gasteiger partial charge in [0.25, 0.3) is 0 Å². The summed E-state index contributed by atoms with van der Waals surface area (Å²) in [5.74, 6) is 0.863. The number of urea groups is 1. The molecule has 2 fully saturated rings. The molecule has 2 aromatic carbocycles. The quantitative estimate of drug-likeness (QED) is 0.743. The van der Waals surface area contributed by atoms with E-state index in [4.69, 9.17) is 5.73 Å². The number of nitrogens with one attached hydrogen (secondary N) is 2. The summed E-state index contributed by atoms with van der Waals surface area (Å²) >= 11 is 0. The molecule has 5 nitrogen and oxygen atoms in total. The molecule has 0 unspecified atom stereocenters. The van der Waals surface area contributed by atoms with Gasteiger partial charge >= 0.3 is 6.03 Å². The van der Waals surface area contributed by atoms with Crippen LogP contribution in [0.15, 0.2) is 48.5 Å².